The Balaban J connectivity index is 1.62. The molecule has 2 aliphatic carbocycles. The van der Waals surface area contributed by atoms with E-state index in [9.17, 15) is 26.4 Å². The van der Waals surface area contributed by atoms with Gasteiger partial charge in [-0.25, -0.2) is 8.42 Å². The van der Waals surface area contributed by atoms with Crippen LogP contribution in [0.5, 0.6) is 0 Å². The van der Waals surface area contributed by atoms with Gasteiger partial charge in [-0.05, 0) is 73.7 Å². The zero-order valence-electron chi connectivity index (χ0n) is 16.9. The Morgan fingerprint density at radius 1 is 1.10 bits per heavy atom. The molecule has 4 rings (SSSR count). The first-order valence-electron chi connectivity index (χ1n) is 10.1. The number of benzene rings is 2. The van der Waals surface area contributed by atoms with Gasteiger partial charge in [-0.3, -0.25) is 9.69 Å². The van der Waals surface area contributed by atoms with E-state index in [-0.39, 0.29) is 22.2 Å². The molecule has 166 valence electrons. The Hall–Kier alpha value is -2.39. The summed E-state index contributed by atoms with van der Waals surface area (Å²) in [7, 11) is -3.51. The first-order valence-corrected chi connectivity index (χ1v) is 12.0. The summed E-state index contributed by atoms with van der Waals surface area (Å²) in [5.41, 5.74) is 0.921. The summed E-state index contributed by atoms with van der Waals surface area (Å²) < 4.78 is 63.4. The maximum atomic E-state index is 13.4. The molecule has 1 N–H and O–H groups in total. The Labute approximate surface area is 179 Å². The van der Waals surface area contributed by atoms with Crippen molar-refractivity contribution in [1.29, 1.82) is 0 Å². The zero-order chi connectivity index (χ0) is 22.4. The third-order valence-corrected chi connectivity index (χ3v) is 6.81. The van der Waals surface area contributed by atoms with E-state index in [0.717, 1.165) is 30.7 Å². The number of nitrogens with one attached hydrogen (secondary N) is 1. The molecule has 1 amide bonds. The number of rotatable bonds is 7. The molecule has 9 heteroatoms. The average Bonchev–Trinajstić information content (AvgIpc) is 3.60. The van der Waals surface area contributed by atoms with E-state index in [0.29, 0.717) is 10.9 Å². The molecule has 2 aromatic carbocycles. The molecule has 31 heavy (non-hydrogen) atoms. The monoisotopic (exact) mass is 452 g/mol. The quantitative estimate of drug-likeness (QED) is 0.685. The zero-order valence-corrected chi connectivity index (χ0v) is 17.7. The van der Waals surface area contributed by atoms with Crippen LogP contribution >= 0.6 is 0 Å². The summed E-state index contributed by atoms with van der Waals surface area (Å²) in [6.45, 7) is 0.965. The van der Waals surface area contributed by atoms with Crippen LogP contribution in [-0.4, -0.2) is 39.3 Å². The fourth-order valence-electron chi connectivity index (χ4n) is 3.68. The van der Waals surface area contributed by atoms with Crippen molar-refractivity contribution >= 4 is 27.1 Å². The fourth-order valence-corrected chi connectivity index (χ4v) is 4.31. The molecule has 0 spiro atoms. The molecule has 0 saturated heterocycles. The molecule has 2 aliphatic rings. The smallest absolute Gasteiger partial charge is 0.313 e. The number of carbonyl (C=O) groups excluding carboxylic acids is 1. The molecule has 0 radical (unpaired) electrons. The molecule has 2 aromatic rings. The van der Waals surface area contributed by atoms with Gasteiger partial charge in [0.2, 0.25) is 0 Å². The number of amides is 1. The first kappa shape index (κ1) is 21.8. The fraction of sp³-hybridized carbons (Fsp3) is 0.409. The Bertz CT molecular complexity index is 1080. The number of halogens is 3. The minimum absolute atomic E-state index is 0.0352. The van der Waals surface area contributed by atoms with Crippen molar-refractivity contribution in [3.8, 4) is 0 Å². The van der Waals surface area contributed by atoms with E-state index < -0.39 is 21.9 Å². The third kappa shape index (κ3) is 5.10. The van der Waals surface area contributed by atoms with Crippen molar-refractivity contribution in [2.75, 3.05) is 17.7 Å². The van der Waals surface area contributed by atoms with E-state index in [2.05, 4.69) is 5.32 Å². The van der Waals surface area contributed by atoms with E-state index >= 15 is 0 Å². The highest BCUT2D eigenvalue weighted by atomic mass is 32.2. The Morgan fingerprint density at radius 3 is 2.35 bits per heavy atom. The minimum atomic E-state index is -5.08. The van der Waals surface area contributed by atoms with Crippen molar-refractivity contribution in [2.45, 2.75) is 42.3 Å². The van der Waals surface area contributed by atoms with Crippen LogP contribution in [0.3, 0.4) is 0 Å². The van der Waals surface area contributed by atoms with Gasteiger partial charge in [0.05, 0.1) is 4.90 Å². The molecular formula is C22H23F3N2O3S. The van der Waals surface area contributed by atoms with E-state index in [1.807, 2.05) is 6.07 Å². The number of alkyl halides is 3. The van der Waals surface area contributed by atoms with Gasteiger partial charge >= 0.3 is 12.1 Å². The van der Waals surface area contributed by atoms with Crippen LogP contribution < -0.4 is 10.2 Å². The molecule has 2 unspecified atom stereocenters. The van der Waals surface area contributed by atoms with Gasteiger partial charge in [0.25, 0.3) is 0 Å². The maximum Gasteiger partial charge on any atom is 0.472 e. The van der Waals surface area contributed by atoms with Gasteiger partial charge in [-0.15, -0.1) is 0 Å². The number of hydrogen-bond donors (Lipinski definition) is 1. The lowest BCUT2D eigenvalue weighted by Gasteiger charge is -2.25. The minimum Gasteiger partial charge on any atom is -0.313 e. The average molecular weight is 452 g/mol. The number of nitrogens with zero attached hydrogens (tertiary/aromatic N) is 1. The van der Waals surface area contributed by atoms with Crippen molar-refractivity contribution in [2.24, 2.45) is 5.92 Å². The molecule has 0 aliphatic heterocycles. The van der Waals surface area contributed by atoms with Crippen LogP contribution in [-0.2, 0) is 14.6 Å². The molecule has 0 heterocycles. The number of sulfone groups is 1. The van der Waals surface area contributed by atoms with Crippen LogP contribution in [0.25, 0.3) is 0 Å². The highest BCUT2D eigenvalue weighted by Crippen LogP contribution is 2.43. The normalized spacial score (nSPS) is 21.0. The summed E-state index contributed by atoms with van der Waals surface area (Å²) >= 11 is 0. The van der Waals surface area contributed by atoms with Crippen LogP contribution in [0.4, 0.5) is 24.5 Å². The summed E-state index contributed by atoms with van der Waals surface area (Å²) in [6.07, 6.45) is -0.682. The molecular weight excluding hydrogens is 429 g/mol. The van der Waals surface area contributed by atoms with Crippen LogP contribution in [0.15, 0.2) is 53.4 Å². The van der Waals surface area contributed by atoms with Crippen LogP contribution in [0.1, 0.15) is 30.7 Å². The van der Waals surface area contributed by atoms with E-state index in [4.69, 9.17) is 0 Å². The van der Waals surface area contributed by atoms with Gasteiger partial charge in [-0.2, -0.15) is 13.2 Å². The number of hydrogen-bond acceptors (Lipinski definition) is 4. The van der Waals surface area contributed by atoms with Gasteiger partial charge in [0, 0.05) is 29.6 Å². The summed E-state index contributed by atoms with van der Waals surface area (Å²) in [6, 6.07) is 11.7. The first-order chi connectivity index (χ1) is 14.5. The second-order valence-corrected chi connectivity index (χ2v) is 10.3. The highest BCUT2D eigenvalue weighted by molar-refractivity contribution is 7.90. The predicted molar refractivity (Wildman–Crippen MR) is 111 cm³/mol. The molecule has 5 nitrogen and oxygen atoms in total. The standard InChI is InChI=1S/C22H23F3N2O3S/c1-31(29,30)18-9-7-16(8-10-18)27(21(28)22(23,24)25)17-4-2-3-15(11-17)19-12-20(19)26-13-14-5-6-14/h2-4,7-11,14,19-20,26H,5-6,12-13H2,1H3. The summed E-state index contributed by atoms with van der Waals surface area (Å²) in [5, 5.41) is 3.50. The number of anilines is 2. The van der Waals surface area contributed by atoms with E-state index in [1.165, 1.54) is 43.2 Å². The second kappa shape index (κ2) is 7.94. The maximum absolute atomic E-state index is 13.4. The van der Waals surface area contributed by atoms with Gasteiger partial charge in [0.1, 0.15) is 0 Å². The van der Waals surface area contributed by atoms with Gasteiger partial charge < -0.3 is 5.32 Å². The lowest BCUT2D eigenvalue weighted by molar-refractivity contribution is -0.169. The molecule has 0 aromatic heterocycles. The van der Waals surface area contributed by atoms with Crippen molar-refractivity contribution in [3.63, 3.8) is 0 Å². The topological polar surface area (TPSA) is 66.5 Å². The largest absolute Gasteiger partial charge is 0.472 e. The molecule has 0 bridgehead atoms. The van der Waals surface area contributed by atoms with Crippen molar-refractivity contribution in [3.05, 3.63) is 54.1 Å². The molecule has 2 atom stereocenters. The highest BCUT2D eigenvalue weighted by Gasteiger charge is 2.44. The second-order valence-electron chi connectivity index (χ2n) is 8.30. The van der Waals surface area contributed by atoms with Crippen LogP contribution in [0.2, 0.25) is 0 Å². The van der Waals surface area contributed by atoms with Crippen molar-refractivity contribution in [1.82, 2.24) is 5.32 Å². The lowest BCUT2D eigenvalue weighted by atomic mass is 10.1. The van der Waals surface area contributed by atoms with E-state index in [1.54, 1.807) is 12.1 Å². The lowest BCUT2D eigenvalue weighted by Crippen LogP contribution is -2.38. The summed E-state index contributed by atoms with van der Waals surface area (Å²) in [4.78, 5) is 12.8. The Kier molecular flexibility index (Phi) is 5.59. The third-order valence-electron chi connectivity index (χ3n) is 5.68. The van der Waals surface area contributed by atoms with Crippen LogP contribution in [0, 0.1) is 5.92 Å². The SMILES string of the molecule is CS(=O)(=O)c1ccc(N(C(=O)C(F)(F)F)c2cccc(C3CC3NCC3CC3)c2)cc1. The van der Waals surface area contributed by atoms with Gasteiger partial charge in [0.15, 0.2) is 9.84 Å². The van der Waals surface area contributed by atoms with Crippen molar-refractivity contribution < 1.29 is 26.4 Å². The Morgan fingerprint density at radius 2 is 1.77 bits per heavy atom. The molecule has 2 fully saturated rings. The predicted octanol–water partition coefficient (Wildman–Crippen LogP) is 4.17. The molecule has 2 saturated carbocycles. The summed E-state index contributed by atoms with van der Waals surface area (Å²) in [5.74, 6) is -1.09. The van der Waals surface area contributed by atoms with Gasteiger partial charge in [-0.1, -0.05) is 12.1 Å². The number of carbonyl (C=O) groups is 1.